The van der Waals surface area contributed by atoms with Gasteiger partial charge < -0.3 is 10.1 Å². The van der Waals surface area contributed by atoms with Crippen molar-refractivity contribution in [3.8, 4) is 0 Å². The summed E-state index contributed by atoms with van der Waals surface area (Å²) >= 11 is 6.20. The van der Waals surface area contributed by atoms with E-state index >= 15 is 0 Å². The summed E-state index contributed by atoms with van der Waals surface area (Å²) in [7, 11) is 1.37. The molecule has 4 heteroatoms. The van der Waals surface area contributed by atoms with Crippen LogP contribution in [0.15, 0.2) is 48.5 Å². The summed E-state index contributed by atoms with van der Waals surface area (Å²) in [5.41, 5.74) is 2.76. The maximum absolute atomic E-state index is 12.1. The van der Waals surface area contributed by atoms with Gasteiger partial charge in [0.15, 0.2) is 6.04 Å². The Morgan fingerprint density at radius 3 is 2.67 bits per heavy atom. The smallest absolute Gasteiger partial charge is 0.333 e. The molecule has 0 aliphatic rings. The number of ether oxygens (including phenoxy) is 1. The van der Waals surface area contributed by atoms with Crippen LogP contribution in [0.25, 0.3) is 0 Å². The Labute approximate surface area is 129 Å². The van der Waals surface area contributed by atoms with Gasteiger partial charge >= 0.3 is 5.97 Å². The highest BCUT2D eigenvalue weighted by atomic mass is 35.5. The van der Waals surface area contributed by atoms with Crippen molar-refractivity contribution in [3.05, 3.63) is 64.7 Å². The molecule has 0 spiro atoms. The van der Waals surface area contributed by atoms with Crippen molar-refractivity contribution < 1.29 is 9.53 Å². The zero-order chi connectivity index (χ0) is 15.2. The minimum Gasteiger partial charge on any atom is -0.467 e. The average molecular weight is 304 g/mol. The summed E-state index contributed by atoms with van der Waals surface area (Å²) in [6.45, 7) is 2.09. The van der Waals surface area contributed by atoms with Crippen molar-refractivity contribution >= 4 is 23.3 Å². The van der Waals surface area contributed by atoms with Crippen LogP contribution in [0.1, 0.15) is 24.1 Å². The molecule has 2 aromatic rings. The number of nitrogens with one attached hydrogen (secondary N) is 1. The number of halogens is 1. The van der Waals surface area contributed by atoms with Gasteiger partial charge in [0.2, 0.25) is 0 Å². The van der Waals surface area contributed by atoms with Gasteiger partial charge in [-0.3, -0.25) is 0 Å². The lowest BCUT2D eigenvalue weighted by Crippen LogP contribution is -2.22. The van der Waals surface area contributed by atoms with Gasteiger partial charge in [0.25, 0.3) is 0 Å². The van der Waals surface area contributed by atoms with Gasteiger partial charge in [0, 0.05) is 16.3 Å². The molecule has 0 heterocycles. The molecule has 2 aromatic carbocycles. The van der Waals surface area contributed by atoms with Gasteiger partial charge in [-0.25, -0.2) is 4.79 Å². The fourth-order valence-corrected chi connectivity index (χ4v) is 2.38. The van der Waals surface area contributed by atoms with Crippen LogP contribution in [0.2, 0.25) is 5.02 Å². The first-order chi connectivity index (χ1) is 10.2. The molecule has 1 unspecified atom stereocenters. The highest BCUT2D eigenvalue weighted by Crippen LogP contribution is 2.27. The van der Waals surface area contributed by atoms with Gasteiger partial charge in [-0.05, 0) is 30.2 Å². The Morgan fingerprint density at radius 2 is 2.00 bits per heavy atom. The number of esters is 1. The third-order valence-corrected chi connectivity index (χ3v) is 3.64. The molecular formula is C17H18ClNO2. The van der Waals surface area contributed by atoms with Crippen molar-refractivity contribution in [2.45, 2.75) is 19.4 Å². The summed E-state index contributed by atoms with van der Waals surface area (Å²) in [5.74, 6) is -0.370. The predicted octanol–water partition coefficient (Wildman–Crippen LogP) is 4.23. The van der Waals surface area contributed by atoms with E-state index in [-0.39, 0.29) is 5.97 Å². The predicted molar refractivity (Wildman–Crippen MR) is 85.7 cm³/mol. The zero-order valence-electron chi connectivity index (χ0n) is 12.1. The van der Waals surface area contributed by atoms with Crippen molar-refractivity contribution in [1.29, 1.82) is 0 Å². The molecule has 110 valence electrons. The van der Waals surface area contributed by atoms with Gasteiger partial charge in [-0.2, -0.15) is 0 Å². The van der Waals surface area contributed by atoms with Crippen LogP contribution in [0.4, 0.5) is 5.69 Å². The van der Waals surface area contributed by atoms with Crippen LogP contribution in [-0.4, -0.2) is 13.1 Å². The second-order valence-electron chi connectivity index (χ2n) is 4.68. The van der Waals surface area contributed by atoms with Gasteiger partial charge in [0.1, 0.15) is 0 Å². The van der Waals surface area contributed by atoms with E-state index in [1.165, 1.54) is 12.7 Å². The van der Waals surface area contributed by atoms with E-state index in [0.717, 1.165) is 12.1 Å². The Hall–Kier alpha value is -2.00. The SMILES string of the molecule is CCc1cccc(NC(C(=O)OC)c2ccccc2Cl)c1. The van der Waals surface area contributed by atoms with Crippen LogP contribution >= 0.6 is 11.6 Å². The fourth-order valence-electron chi connectivity index (χ4n) is 2.14. The summed E-state index contributed by atoms with van der Waals surface area (Å²) in [4.78, 5) is 12.1. The lowest BCUT2D eigenvalue weighted by atomic mass is 10.1. The maximum Gasteiger partial charge on any atom is 0.333 e. The Balaban J connectivity index is 2.33. The number of hydrogen-bond donors (Lipinski definition) is 1. The molecule has 0 bridgehead atoms. The number of anilines is 1. The van der Waals surface area contributed by atoms with Crippen LogP contribution < -0.4 is 5.32 Å². The molecule has 0 aromatic heterocycles. The minimum atomic E-state index is -0.629. The normalized spacial score (nSPS) is 11.8. The highest BCUT2D eigenvalue weighted by molar-refractivity contribution is 6.31. The molecule has 0 aliphatic carbocycles. The van der Waals surface area contributed by atoms with E-state index < -0.39 is 6.04 Å². The molecule has 0 saturated heterocycles. The quantitative estimate of drug-likeness (QED) is 0.840. The second kappa shape index (κ2) is 7.14. The first-order valence-corrected chi connectivity index (χ1v) is 7.21. The van der Waals surface area contributed by atoms with E-state index in [1.807, 2.05) is 42.5 Å². The van der Waals surface area contributed by atoms with Crippen LogP contribution in [0, 0.1) is 0 Å². The number of aryl methyl sites for hydroxylation is 1. The van der Waals surface area contributed by atoms with E-state index in [0.29, 0.717) is 10.6 Å². The number of benzene rings is 2. The fraction of sp³-hybridized carbons (Fsp3) is 0.235. The first-order valence-electron chi connectivity index (χ1n) is 6.83. The van der Waals surface area contributed by atoms with Crippen LogP contribution in [-0.2, 0) is 16.0 Å². The second-order valence-corrected chi connectivity index (χ2v) is 5.08. The van der Waals surface area contributed by atoms with Crippen molar-refractivity contribution in [2.24, 2.45) is 0 Å². The first kappa shape index (κ1) is 15.4. The minimum absolute atomic E-state index is 0.370. The molecule has 2 rings (SSSR count). The Morgan fingerprint density at radius 1 is 1.24 bits per heavy atom. The van der Waals surface area contributed by atoms with E-state index in [9.17, 15) is 4.79 Å². The maximum atomic E-state index is 12.1. The number of carbonyl (C=O) groups excluding carboxylic acids is 1. The van der Waals surface area contributed by atoms with Crippen LogP contribution in [0.3, 0.4) is 0 Å². The molecule has 1 N–H and O–H groups in total. The molecule has 0 fully saturated rings. The molecule has 0 amide bonds. The van der Waals surface area contributed by atoms with Gasteiger partial charge in [0.05, 0.1) is 7.11 Å². The zero-order valence-corrected chi connectivity index (χ0v) is 12.9. The van der Waals surface area contributed by atoms with E-state index in [2.05, 4.69) is 12.2 Å². The molecular weight excluding hydrogens is 286 g/mol. The molecule has 0 saturated carbocycles. The number of methoxy groups -OCH3 is 1. The van der Waals surface area contributed by atoms with Gasteiger partial charge in [-0.15, -0.1) is 0 Å². The van der Waals surface area contributed by atoms with Crippen molar-refractivity contribution in [1.82, 2.24) is 0 Å². The lowest BCUT2D eigenvalue weighted by molar-refractivity contribution is -0.141. The number of hydrogen-bond acceptors (Lipinski definition) is 3. The Bertz CT molecular complexity index is 628. The standard InChI is InChI=1S/C17H18ClNO2/c1-3-12-7-6-8-13(11-12)19-16(17(20)21-2)14-9-4-5-10-15(14)18/h4-11,16,19H,3H2,1-2H3. The van der Waals surface area contributed by atoms with E-state index in [1.54, 1.807) is 6.07 Å². The summed E-state index contributed by atoms with van der Waals surface area (Å²) in [6.07, 6.45) is 0.935. The molecule has 0 aliphatic heterocycles. The summed E-state index contributed by atoms with van der Waals surface area (Å²) < 4.78 is 4.89. The van der Waals surface area contributed by atoms with Crippen LogP contribution in [0.5, 0.6) is 0 Å². The lowest BCUT2D eigenvalue weighted by Gasteiger charge is -2.19. The number of rotatable bonds is 5. The summed E-state index contributed by atoms with van der Waals surface area (Å²) in [5, 5.41) is 3.74. The van der Waals surface area contributed by atoms with Crippen molar-refractivity contribution in [2.75, 3.05) is 12.4 Å². The molecule has 3 nitrogen and oxygen atoms in total. The Kier molecular flexibility index (Phi) is 5.23. The molecule has 21 heavy (non-hydrogen) atoms. The monoisotopic (exact) mass is 303 g/mol. The van der Waals surface area contributed by atoms with Crippen molar-refractivity contribution in [3.63, 3.8) is 0 Å². The third kappa shape index (κ3) is 3.76. The highest BCUT2D eigenvalue weighted by Gasteiger charge is 2.23. The average Bonchev–Trinajstić information content (AvgIpc) is 2.53. The largest absolute Gasteiger partial charge is 0.467 e. The molecule has 1 atom stereocenters. The van der Waals surface area contributed by atoms with Gasteiger partial charge in [-0.1, -0.05) is 48.9 Å². The summed E-state index contributed by atoms with van der Waals surface area (Å²) in [6, 6.07) is 14.6. The topological polar surface area (TPSA) is 38.3 Å². The van der Waals surface area contributed by atoms with E-state index in [4.69, 9.17) is 16.3 Å². The number of carbonyl (C=O) groups is 1. The third-order valence-electron chi connectivity index (χ3n) is 3.30. The molecule has 0 radical (unpaired) electrons.